The summed E-state index contributed by atoms with van der Waals surface area (Å²) in [4.78, 5) is 0. The fourth-order valence-corrected chi connectivity index (χ4v) is 2.37. The zero-order chi connectivity index (χ0) is 12.4. The summed E-state index contributed by atoms with van der Waals surface area (Å²) < 4.78 is 7.64. The van der Waals surface area contributed by atoms with E-state index in [1.807, 2.05) is 12.1 Å². The van der Waals surface area contributed by atoms with E-state index in [4.69, 9.17) is 9.84 Å². The van der Waals surface area contributed by atoms with Gasteiger partial charge in [0, 0.05) is 30.1 Å². The number of fused-ring (bicyclic) bond motifs is 1. The van der Waals surface area contributed by atoms with Gasteiger partial charge in [-0.2, -0.15) is 0 Å². The highest BCUT2D eigenvalue weighted by atomic mass is 16.5. The van der Waals surface area contributed by atoms with Crippen LogP contribution >= 0.6 is 0 Å². The van der Waals surface area contributed by atoms with Crippen molar-refractivity contribution in [3.63, 3.8) is 0 Å². The van der Waals surface area contributed by atoms with Crippen LogP contribution in [0.15, 0.2) is 24.3 Å². The second kappa shape index (κ2) is 4.80. The Morgan fingerprint density at radius 1 is 1.35 bits per heavy atom. The Hall–Kier alpha value is -1.48. The quantitative estimate of drug-likeness (QED) is 0.881. The van der Waals surface area contributed by atoms with Crippen LogP contribution in [0.25, 0.3) is 10.9 Å². The Bertz CT molecular complexity index is 514. The predicted octanol–water partition coefficient (Wildman–Crippen LogP) is 2.77. The normalized spacial score (nSPS) is 11.4. The summed E-state index contributed by atoms with van der Waals surface area (Å²) >= 11 is 0. The molecule has 0 radical (unpaired) electrons. The molecule has 0 aliphatic rings. The fourth-order valence-electron chi connectivity index (χ4n) is 2.37. The number of hydrogen-bond acceptors (Lipinski definition) is 2. The number of ether oxygens (including phenoxy) is 1. The average molecular weight is 233 g/mol. The molecule has 92 valence electrons. The van der Waals surface area contributed by atoms with E-state index in [9.17, 15) is 0 Å². The van der Waals surface area contributed by atoms with Crippen LogP contribution in [0.4, 0.5) is 0 Å². The highest BCUT2D eigenvalue weighted by Gasteiger charge is 2.13. The molecule has 1 aromatic carbocycles. The minimum absolute atomic E-state index is 0.172. The van der Waals surface area contributed by atoms with Gasteiger partial charge in [0.25, 0.3) is 0 Å². The lowest BCUT2D eigenvalue weighted by molar-refractivity contribution is 0.296. The maximum absolute atomic E-state index is 9.13. The number of aliphatic hydroxyl groups excluding tert-OH is 1. The summed E-state index contributed by atoms with van der Waals surface area (Å²) in [5, 5.41) is 10.3. The maximum atomic E-state index is 9.13. The molecule has 1 N–H and O–H groups in total. The van der Waals surface area contributed by atoms with Gasteiger partial charge < -0.3 is 14.4 Å². The molecule has 0 saturated carbocycles. The van der Waals surface area contributed by atoms with Crippen LogP contribution in [0.2, 0.25) is 0 Å². The number of hydrogen-bond donors (Lipinski definition) is 1. The molecule has 0 saturated heterocycles. The molecule has 2 aromatic rings. The number of aliphatic hydroxyl groups is 1. The first kappa shape index (κ1) is 12.0. The molecule has 0 unspecified atom stereocenters. The van der Waals surface area contributed by atoms with E-state index in [1.54, 1.807) is 7.11 Å². The molecule has 1 heterocycles. The van der Waals surface area contributed by atoms with Gasteiger partial charge >= 0.3 is 0 Å². The summed E-state index contributed by atoms with van der Waals surface area (Å²) in [6.45, 7) is 4.48. The van der Waals surface area contributed by atoms with Crippen molar-refractivity contribution in [1.29, 1.82) is 0 Å². The van der Waals surface area contributed by atoms with Gasteiger partial charge in [0.2, 0.25) is 0 Å². The van der Waals surface area contributed by atoms with E-state index in [1.165, 1.54) is 5.52 Å². The maximum Gasteiger partial charge on any atom is 0.128 e. The molecule has 0 amide bonds. The number of rotatable bonds is 4. The Kier molecular flexibility index (Phi) is 3.38. The van der Waals surface area contributed by atoms with Gasteiger partial charge in [-0.1, -0.05) is 6.07 Å². The standard InChI is InChI=1S/C14H19NO2/c1-10(2)15-11(7-8-16)9-12-13(15)5-4-6-14(12)17-3/h4-6,9-10,16H,7-8H2,1-3H3. The van der Waals surface area contributed by atoms with Gasteiger partial charge in [0.05, 0.1) is 12.6 Å². The molecule has 0 aliphatic heterocycles. The average Bonchev–Trinajstić information content (AvgIpc) is 2.67. The highest BCUT2D eigenvalue weighted by molar-refractivity contribution is 5.87. The van der Waals surface area contributed by atoms with Crippen molar-refractivity contribution in [2.24, 2.45) is 0 Å². The lowest BCUT2D eigenvalue weighted by Gasteiger charge is -2.14. The molecular formula is C14H19NO2. The van der Waals surface area contributed by atoms with E-state index in [0.29, 0.717) is 12.5 Å². The summed E-state index contributed by atoms with van der Waals surface area (Å²) in [7, 11) is 1.69. The molecule has 3 heteroatoms. The highest BCUT2D eigenvalue weighted by Crippen LogP contribution is 2.31. The van der Waals surface area contributed by atoms with Crippen LogP contribution < -0.4 is 4.74 Å². The number of methoxy groups -OCH3 is 1. The van der Waals surface area contributed by atoms with Crippen molar-refractivity contribution in [1.82, 2.24) is 4.57 Å². The van der Waals surface area contributed by atoms with Crippen LogP contribution in [0.1, 0.15) is 25.6 Å². The van der Waals surface area contributed by atoms with Gasteiger partial charge in [-0.05, 0) is 32.0 Å². The third kappa shape index (κ3) is 2.03. The van der Waals surface area contributed by atoms with E-state index in [0.717, 1.165) is 16.8 Å². The van der Waals surface area contributed by atoms with Crippen LogP contribution in [-0.4, -0.2) is 23.4 Å². The zero-order valence-electron chi connectivity index (χ0n) is 10.6. The Morgan fingerprint density at radius 3 is 2.71 bits per heavy atom. The van der Waals surface area contributed by atoms with Gasteiger partial charge in [-0.25, -0.2) is 0 Å². The Morgan fingerprint density at radius 2 is 2.12 bits per heavy atom. The zero-order valence-corrected chi connectivity index (χ0v) is 10.6. The van der Waals surface area contributed by atoms with Gasteiger partial charge in [0.15, 0.2) is 0 Å². The van der Waals surface area contributed by atoms with Crippen LogP contribution in [-0.2, 0) is 6.42 Å². The van der Waals surface area contributed by atoms with Gasteiger partial charge in [0.1, 0.15) is 5.75 Å². The van der Waals surface area contributed by atoms with E-state index in [-0.39, 0.29) is 6.61 Å². The van der Waals surface area contributed by atoms with Gasteiger partial charge in [-0.15, -0.1) is 0 Å². The van der Waals surface area contributed by atoms with Crippen molar-refractivity contribution in [2.45, 2.75) is 26.3 Å². The molecule has 0 fully saturated rings. The molecule has 0 spiro atoms. The molecule has 2 rings (SSSR count). The van der Waals surface area contributed by atoms with Crippen molar-refractivity contribution in [3.8, 4) is 5.75 Å². The molecular weight excluding hydrogens is 214 g/mol. The first-order valence-electron chi connectivity index (χ1n) is 5.96. The topological polar surface area (TPSA) is 34.4 Å². The monoisotopic (exact) mass is 233 g/mol. The second-order valence-electron chi connectivity index (χ2n) is 4.47. The number of aromatic nitrogens is 1. The minimum Gasteiger partial charge on any atom is -0.496 e. The molecule has 3 nitrogen and oxygen atoms in total. The van der Waals surface area contributed by atoms with E-state index in [2.05, 4.69) is 30.5 Å². The Labute approximate surface area is 102 Å². The fraction of sp³-hybridized carbons (Fsp3) is 0.429. The molecule has 0 bridgehead atoms. The van der Waals surface area contributed by atoms with E-state index >= 15 is 0 Å². The predicted molar refractivity (Wildman–Crippen MR) is 69.7 cm³/mol. The largest absolute Gasteiger partial charge is 0.496 e. The first-order chi connectivity index (χ1) is 8.19. The third-order valence-corrected chi connectivity index (χ3v) is 3.03. The van der Waals surface area contributed by atoms with Crippen molar-refractivity contribution >= 4 is 10.9 Å². The van der Waals surface area contributed by atoms with Crippen LogP contribution in [0.5, 0.6) is 5.75 Å². The first-order valence-corrected chi connectivity index (χ1v) is 5.96. The molecule has 17 heavy (non-hydrogen) atoms. The van der Waals surface area contributed by atoms with E-state index < -0.39 is 0 Å². The second-order valence-corrected chi connectivity index (χ2v) is 4.47. The summed E-state index contributed by atoms with van der Waals surface area (Å²) in [6, 6.07) is 8.56. The lowest BCUT2D eigenvalue weighted by atomic mass is 10.2. The third-order valence-electron chi connectivity index (χ3n) is 3.03. The number of nitrogens with zero attached hydrogens (tertiary/aromatic N) is 1. The molecule has 0 aliphatic carbocycles. The minimum atomic E-state index is 0.172. The smallest absolute Gasteiger partial charge is 0.128 e. The summed E-state index contributed by atoms with van der Waals surface area (Å²) in [5.41, 5.74) is 2.32. The van der Waals surface area contributed by atoms with Gasteiger partial charge in [-0.3, -0.25) is 0 Å². The van der Waals surface area contributed by atoms with Crippen molar-refractivity contribution in [3.05, 3.63) is 30.0 Å². The number of benzene rings is 1. The van der Waals surface area contributed by atoms with Crippen molar-refractivity contribution in [2.75, 3.05) is 13.7 Å². The van der Waals surface area contributed by atoms with Crippen molar-refractivity contribution < 1.29 is 9.84 Å². The summed E-state index contributed by atoms with van der Waals surface area (Å²) in [6.07, 6.45) is 0.677. The van der Waals surface area contributed by atoms with Crippen LogP contribution in [0, 0.1) is 0 Å². The lowest BCUT2D eigenvalue weighted by Crippen LogP contribution is -2.06. The summed E-state index contributed by atoms with van der Waals surface area (Å²) in [5.74, 6) is 0.890. The Balaban J connectivity index is 2.69. The molecule has 0 atom stereocenters. The molecule has 1 aromatic heterocycles. The SMILES string of the molecule is COc1cccc2c1cc(CCO)n2C(C)C. The van der Waals surface area contributed by atoms with Crippen LogP contribution in [0.3, 0.4) is 0 Å².